The first-order valence-corrected chi connectivity index (χ1v) is 6.91. The Morgan fingerprint density at radius 3 is 2.55 bits per heavy atom. The van der Waals surface area contributed by atoms with E-state index in [9.17, 15) is 0 Å². The van der Waals surface area contributed by atoms with E-state index in [0.717, 1.165) is 16.8 Å². The molecular formula is C16H19ClN2O. The Kier molecular flexibility index (Phi) is 4.41. The molecule has 1 aromatic heterocycles. The van der Waals surface area contributed by atoms with Gasteiger partial charge in [-0.1, -0.05) is 50.6 Å². The van der Waals surface area contributed by atoms with Gasteiger partial charge in [-0.2, -0.15) is 0 Å². The summed E-state index contributed by atoms with van der Waals surface area (Å²) < 4.78 is 5.15. The molecule has 0 aliphatic carbocycles. The van der Waals surface area contributed by atoms with Gasteiger partial charge >= 0.3 is 0 Å². The molecule has 3 nitrogen and oxygen atoms in total. The lowest BCUT2D eigenvalue weighted by molar-refractivity contribution is 0.185. The average Bonchev–Trinajstić information content (AvgIpc) is 2.38. The normalized spacial score (nSPS) is 11.7. The minimum Gasteiger partial charge on any atom is -0.380 e. The van der Waals surface area contributed by atoms with Gasteiger partial charge in [-0.15, -0.1) is 0 Å². The van der Waals surface area contributed by atoms with E-state index in [-0.39, 0.29) is 5.41 Å². The number of hydrogen-bond acceptors (Lipinski definition) is 3. The van der Waals surface area contributed by atoms with Crippen molar-refractivity contribution in [2.24, 2.45) is 0 Å². The van der Waals surface area contributed by atoms with E-state index in [1.54, 1.807) is 7.11 Å². The van der Waals surface area contributed by atoms with Crippen molar-refractivity contribution in [3.8, 4) is 11.4 Å². The number of hydrogen-bond donors (Lipinski definition) is 0. The van der Waals surface area contributed by atoms with Crippen LogP contribution in [0.5, 0.6) is 0 Å². The summed E-state index contributed by atoms with van der Waals surface area (Å²) in [5.41, 5.74) is 2.91. The molecule has 0 atom stereocenters. The zero-order valence-electron chi connectivity index (χ0n) is 12.3. The Labute approximate surface area is 125 Å². The van der Waals surface area contributed by atoms with Crippen LogP contribution in [-0.2, 0) is 16.8 Å². The van der Waals surface area contributed by atoms with Crippen LogP contribution in [-0.4, -0.2) is 17.1 Å². The Bertz CT molecular complexity index is 606. The molecule has 0 aliphatic rings. The van der Waals surface area contributed by atoms with Crippen LogP contribution in [0.3, 0.4) is 0 Å². The van der Waals surface area contributed by atoms with Gasteiger partial charge in [-0.05, 0) is 17.7 Å². The van der Waals surface area contributed by atoms with Gasteiger partial charge in [0.15, 0.2) is 5.82 Å². The Balaban J connectivity index is 2.47. The molecule has 0 fully saturated rings. The summed E-state index contributed by atoms with van der Waals surface area (Å²) in [6, 6.07) is 9.83. The summed E-state index contributed by atoms with van der Waals surface area (Å²) in [5, 5.41) is 0.470. The summed E-state index contributed by atoms with van der Waals surface area (Å²) >= 11 is 6.13. The molecule has 0 bridgehead atoms. The lowest BCUT2D eigenvalue weighted by atomic mass is 9.92. The van der Waals surface area contributed by atoms with Crippen LogP contribution in [0.25, 0.3) is 11.4 Å². The first-order chi connectivity index (χ1) is 9.40. The molecule has 0 radical (unpaired) electrons. The summed E-state index contributed by atoms with van der Waals surface area (Å²) in [4.78, 5) is 8.97. The highest BCUT2D eigenvalue weighted by Crippen LogP contribution is 2.26. The SMILES string of the molecule is COCc1cccc(-c2nc(Cl)cc(C(C)(C)C)n2)c1. The zero-order valence-corrected chi connectivity index (χ0v) is 13.0. The van der Waals surface area contributed by atoms with E-state index in [1.807, 2.05) is 30.3 Å². The molecule has 4 heteroatoms. The fraction of sp³-hybridized carbons (Fsp3) is 0.375. The van der Waals surface area contributed by atoms with Crippen molar-refractivity contribution in [2.75, 3.05) is 7.11 Å². The van der Waals surface area contributed by atoms with E-state index in [1.165, 1.54) is 0 Å². The van der Waals surface area contributed by atoms with Gasteiger partial charge < -0.3 is 4.74 Å². The monoisotopic (exact) mass is 290 g/mol. The van der Waals surface area contributed by atoms with Gasteiger partial charge in [0.2, 0.25) is 0 Å². The molecule has 20 heavy (non-hydrogen) atoms. The third-order valence-electron chi connectivity index (χ3n) is 2.96. The third-order valence-corrected chi connectivity index (χ3v) is 3.15. The summed E-state index contributed by atoms with van der Waals surface area (Å²) in [7, 11) is 1.68. The van der Waals surface area contributed by atoms with Crippen LogP contribution in [0.4, 0.5) is 0 Å². The van der Waals surface area contributed by atoms with Crippen molar-refractivity contribution >= 4 is 11.6 Å². The van der Waals surface area contributed by atoms with Crippen LogP contribution in [0.15, 0.2) is 30.3 Å². The second-order valence-electron chi connectivity index (χ2n) is 5.78. The molecule has 0 saturated carbocycles. The molecule has 1 aromatic carbocycles. The van der Waals surface area contributed by atoms with Crippen LogP contribution < -0.4 is 0 Å². The molecule has 0 unspecified atom stereocenters. The number of rotatable bonds is 3. The van der Waals surface area contributed by atoms with Crippen molar-refractivity contribution in [2.45, 2.75) is 32.8 Å². The largest absolute Gasteiger partial charge is 0.380 e. The van der Waals surface area contributed by atoms with Crippen LogP contribution >= 0.6 is 11.6 Å². The summed E-state index contributed by atoms with van der Waals surface area (Å²) in [5.74, 6) is 0.653. The maximum Gasteiger partial charge on any atom is 0.161 e. The van der Waals surface area contributed by atoms with Crippen LogP contribution in [0, 0.1) is 0 Å². The lowest BCUT2D eigenvalue weighted by Gasteiger charge is -2.18. The van der Waals surface area contributed by atoms with Gasteiger partial charge in [-0.3, -0.25) is 0 Å². The average molecular weight is 291 g/mol. The first kappa shape index (κ1) is 14.9. The maximum absolute atomic E-state index is 6.13. The van der Waals surface area contributed by atoms with Gasteiger partial charge in [0.1, 0.15) is 5.15 Å². The molecule has 0 aliphatic heterocycles. The number of methoxy groups -OCH3 is 1. The highest BCUT2D eigenvalue weighted by Gasteiger charge is 2.18. The lowest BCUT2D eigenvalue weighted by Crippen LogP contribution is -2.14. The van der Waals surface area contributed by atoms with E-state index in [0.29, 0.717) is 17.6 Å². The van der Waals surface area contributed by atoms with E-state index in [2.05, 4.69) is 30.7 Å². The Morgan fingerprint density at radius 1 is 1.15 bits per heavy atom. The van der Waals surface area contributed by atoms with Gasteiger partial charge in [0.25, 0.3) is 0 Å². The predicted molar refractivity (Wildman–Crippen MR) is 81.9 cm³/mol. The second kappa shape index (κ2) is 5.90. The number of halogens is 1. The highest BCUT2D eigenvalue weighted by molar-refractivity contribution is 6.29. The standard InChI is InChI=1S/C16H19ClN2O/c1-16(2,3)13-9-14(17)19-15(18-13)12-7-5-6-11(8-12)10-20-4/h5-9H,10H2,1-4H3. The smallest absolute Gasteiger partial charge is 0.161 e. The minimum absolute atomic E-state index is 0.0640. The topological polar surface area (TPSA) is 35.0 Å². The van der Waals surface area contributed by atoms with E-state index < -0.39 is 0 Å². The molecule has 0 spiro atoms. The molecule has 0 saturated heterocycles. The van der Waals surface area contributed by atoms with Crippen molar-refractivity contribution < 1.29 is 4.74 Å². The minimum atomic E-state index is -0.0640. The fourth-order valence-electron chi connectivity index (χ4n) is 1.90. The number of aromatic nitrogens is 2. The third kappa shape index (κ3) is 3.56. The van der Waals surface area contributed by atoms with Crippen molar-refractivity contribution in [3.63, 3.8) is 0 Å². The van der Waals surface area contributed by atoms with Crippen LogP contribution in [0.1, 0.15) is 32.0 Å². The van der Waals surface area contributed by atoms with Crippen LogP contribution in [0.2, 0.25) is 5.15 Å². The molecule has 0 N–H and O–H groups in total. The summed E-state index contributed by atoms with van der Waals surface area (Å²) in [6.07, 6.45) is 0. The predicted octanol–water partition coefficient (Wildman–Crippen LogP) is 4.24. The zero-order chi connectivity index (χ0) is 14.8. The number of benzene rings is 1. The second-order valence-corrected chi connectivity index (χ2v) is 6.17. The first-order valence-electron chi connectivity index (χ1n) is 6.53. The van der Waals surface area contributed by atoms with E-state index >= 15 is 0 Å². The number of ether oxygens (including phenoxy) is 1. The number of nitrogens with zero attached hydrogens (tertiary/aromatic N) is 2. The van der Waals surface area contributed by atoms with Gasteiger partial charge in [0, 0.05) is 18.1 Å². The van der Waals surface area contributed by atoms with Crippen molar-refractivity contribution in [3.05, 3.63) is 46.7 Å². The van der Waals surface area contributed by atoms with E-state index in [4.69, 9.17) is 16.3 Å². The maximum atomic E-state index is 6.13. The van der Waals surface area contributed by atoms with Crippen molar-refractivity contribution in [1.82, 2.24) is 9.97 Å². The molecular weight excluding hydrogens is 272 g/mol. The fourth-order valence-corrected chi connectivity index (χ4v) is 2.08. The van der Waals surface area contributed by atoms with Gasteiger partial charge in [-0.25, -0.2) is 9.97 Å². The Hall–Kier alpha value is -1.45. The molecule has 2 aromatic rings. The highest BCUT2D eigenvalue weighted by atomic mass is 35.5. The molecule has 0 amide bonds. The quantitative estimate of drug-likeness (QED) is 0.793. The Morgan fingerprint density at radius 2 is 1.90 bits per heavy atom. The molecule has 2 rings (SSSR count). The molecule has 106 valence electrons. The summed E-state index contributed by atoms with van der Waals surface area (Å²) in [6.45, 7) is 6.89. The van der Waals surface area contributed by atoms with Crippen molar-refractivity contribution in [1.29, 1.82) is 0 Å². The van der Waals surface area contributed by atoms with Gasteiger partial charge in [0.05, 0.1) is 12.3 Å². The molecule has 1 heterocycles.